The maximum Gasteiger partial charge on any atom is 0.242 e. The van der Waals surface area contributed by atoms with Gasteiger partial charge in [-0.2, -0.15) is 0 Å². The van der Waals surface area contributed by atoms with Crippen LogP contribution in [0.25, 0.3) is 0 Å². The number of rotatable bonds is 5. The van der Waals surface area contributed by atoms with Crippen LogP contribution in [0.1, 0.15) is 69.3 Å². The molecule has 2 aliphatic rings. The van der Waals surface area contributed by atoms with E-state index in [1.165, 1.54) is 0 Å². The van der Waals surface area contributed by atoms with Crippen molar-refractivity contribution in [2.75, 3.05) is 0 Å². The maximum atomic E-state index is 13.5. The molecular weight excluding hydrogens is 359 g/mol. The second-order valence-corrected chi connectivity index (χ2v) is 8.14. The molecule has 27 heavy (non-hydrogen) atoms. The Hall–Kier alpha value is -1.39. The normalized spacial score (nSPS) is 29.6. The van der Waals surface area contributed by atoms with Crippen LogP contribution < -0.4 is 0 Å². The molecule has 2 saturated carbocycles. The van der Waals surface area contributed by atoms with Gasteiger partial charge in [0.1, 0.15) is 0 Å². The van der Waals surface area contributed by atoms with Gasteiger partial charge in [0, 0.05) is 6.42 Å². The fourth-order valence-electron chi connectivity index (χ4n) is 4.92. The Bertz CT molecular complexity index is 615. The molecule has 0 bridgehead atoms. The lowest BCUT2D eigenvalue weighted by atomic mass is 9.68. The summed E-state index contributed by atoms with van der Waals surface area (Å²) in [5, 5.41) is 0. The van der Waals surface area contributed by atoms with Crippen molar-refractivity contribution in [3.8, 4) is 0 Å². The van der Waals surface area contributed by atoms with Crippen molar-refractivity contribution >= 4 is 0 Å². The standard InChI is InChI=1S/C22H27F5/c23-19-12-18(13-20(24)22(19)27)17-10-8-16(9-11-17)15-6-4-14(5-7-15)2-1-3-21(25)26/h1-2,12-17,21H,3-11H2/b2-1+. The first kappa shape index (κ1) is 20.3. The predicted molar refractivity (Wildman–Crippen MR) is 96.2 cm³/mol. The smallest absolute Gasteiger partial charge is 0.210 e. The molecule has 0 heterocycles. The molecule has 0 atom stereocenters. The molecule has 1 aromatic carbocycles. The number of hydrogen-bond donors (Lipinski definition) is 0. The maximum absolute atomic E-state index is 13.5. The van der Waals surface area contributed by atoms with Crippen LogP contribution in [-0.2, 0) is 0 Å². The Balaban J connectivity index is 1.47. The summed E-state index contributed by atoms with van der Waals surface area (Å²) in [6, 6.07) is 2.28. The summed E-state index contributed by atoms with van der Waals surface area (Å²) in [5.74, 6) is -1.81. The highest BCUT2D eigenvalue weighted by Crippen LogP contribution is 2.44. The minimum absolute atomic E-state index is 0.0967. The van der Waals surface area contributed by atoms with Gasteiger partial charge in [-0.3, -0.25) is 0 Å². The van der Waals surface area contributed by atoms with Crippen molar-refractivity contribution in [2.24, 2.45) is 17.8 Å². The lowest BCUT2D eigenvalue weighted by Gasteiger charge is -2.37. The fourth-order valence-corrected chi connectivity index (χ4v) is 4.92. The lowest BCUT2D eigenvalue weighted by Crippen LogP contribution is -2.25. The largest absolute Gasteiger partial charge is 0.242 e. The van der Waals surface area contributed by atoms with Gasteiger partial charge in [0.25, 0.3) is 0 Å². The van der Waals surface area contributed by atoms with Crippen LogP contribution in [0.4, 0.5) is 22.0 Å². The molecule has 2 fully saturated rings. The van der Waals surface area contributed by atoms with Gasteiger partial charge < -0.3 is 0 Å². The summed E-state index contributed by atoms with van der Waals surface area (Å²) in [6.45, 7) is 0. The van der Waals surface area contributed by atoms with Gasteiger partial charge in [-0.25, -0.2) is 22.0 Å². The molecule has 0 aliphatic heterocycles. The SMILES string of the molecule is Fc1cc(C2CCC(C3CCC(/C=C/CC(F)F)CC3)CC2)cc(F)c1F. The molecule has 0 spiro atoms. The Morgan fingerprint density at radius 3 is 1.85 bits per heavy atom. The van der Waals surface area contributed by atoms with E-state index < -0.39 is 23.9 Å². The van der Waals surface area contributed by atoms with E-state index in [0.717, 1.165) is 63.5 Å². The Labute approximate surface area is 157 Å². The van der Waals surface area contributed by atoms with Crippen LogP contribution in [-0.4, -0.2) is 6.43 Å². The van der Waals surface area contributed by atoms with Gasteiger partial charge in [0.2, 0.25) is 6.43 Å². The monoisotopic (exact) mass is 386 g/mol. The van der Waals surface area contributed by atoms with E-state index in [2.05, 4.69) is 0 Å². The third-order valence-corrected chi connectivity index (χ3v) is 6.46. The van der Waals surface area contributed by atoms with Gasteiger partial charge in [0.15, 0.2) is 17.5 Å². The number of halogens is 5. The second kappa shape index (κ2) is 9.20. The highest BCUT2D eigenvalue weighted by Gasteiger charge is 2.31. The molecule has 2 aliphatic carbocycles. The van der Waals surface area contributed by atoms with Crippen LogP contribution in [0.3, 0.4) is 0 Å². The molecule has 0 amide bonds. The highest BCUT2D eigenvalue weighted by atomic mass is 19.3. The van der Waals surface area contributed by atoms with Crippen molar-refractivity contribution < 1.29 is 22.0 Å². The molecule has 0 aromatic heterocycles. The molecule has 0 radical (unpaired) electrons. The van der Waals surface area contributed by atoms with E-state index >= 15 is 0 Å². The van der Waals surface area contributed by atoms with Crippen LogP contribution >= 0.6 is 0 Å². The zero-order valence-electron chi connectivity index (χ0n) is 15.4. The summed E-state index contributed by atoms with van der Waals surface area (Å²) in [4.78, 5) is 0. The van der Waals surface area contributed by atoms with Crippen LogP contribution in [0.2, 0.25) is 0 Å². The van der Waals surface area contributed by atoms with Gasteiger partial charge in [-0.15, -0.1) is 0 Å². The van der Waals surface area contributed by atoms with Crippen LogP contribution in [0.15, 0.2) is 24.3 Å². The van der Waals surface area contributed by atoms with Crippen molar-refractivity contribution in [3.05, 3.63) is 47.3 Å². The molecule has 5 heteroatoms. The van der Waals surface area contributed by atoms with Crippen molar-refractivity contribution in [1.82, 2.24) is 0 Å². The van der Waals surface area contributed by atoms with Crippen LogP contribution in [0.5, 0.6) is 0 Å². The summed E-state index contributed by atoms with van der Waals surface area (Å²) in [7, 11) is 0. The average Bonchev–Trinajstić information content (AvgIpc) is 2.66. The molecule has 3 rings (SSSR count). The molecule has 150 valence electrons. The molecule has 0 N–H and O–H groups in total. The minimum Gasteiger partial charge on any atom is -0.210 e. The van der Waals surface area contributed by atoms with Gasteiger partial charge in [-0.1, -0.05) is 12.2 Å². The zero-order chi connectivity index (χ0) is 19.4. The highest BCUT2D eigenvalue weighted by molar-refractivity contribution is 5.23. The Morgan fingerprint density at radius 2 is 1.33 bits per heavy atom. The molecule has 0 saturated heterocycles. The number of hydrogen-bond acceptors (Lipinski definition) is 0. The average molecular weight is 386 g/mol. The first-order valence-electron chi connectivity index (χ1n) is 10.0. The Morgan fingerprint density at radius 1 is 0.815 bits per heavy atom. The van der Waals surface area contributed by atoms with Gasteiger partial charge >= 0.3 is 0 Å². The van der Waals surface area contributed by atoms with Crippen molar-refractivity contribution in [3.63, 3.8) is 0 Å². The quantitative estimate of drug-likeness (QED) is 0.281. The molecule has 0 unspecified atom stereocenters. The third-order valence-electron chi connectivity index (χ3n) is 6.46. The third kappa shape index (κ3) is 5.32. The van der Waals surface area contributed by atoms with Crippen LogP contribution in [0, 0.1) is 35.2 Å². The van der Waals surface area contributed by atoms with E-state index in [1.54, 1.807) is 6.08 Å². The summed E-state index contributed by atoms with van der Waals surface area (Å²) in [6.07, 6.45) is 9.31. The zero-order valence-corrected chi connectivity index (χ0v) is 15.4. The van der Waals surface area contributed by atoms with E-state index in [9.17, 15) is 22.0 Å². The van der Waals surface area contributed by atoms with E-state index in [4.69, 9.17) is 0 Å². The predicted octanol–water partition coefficient (Wildman–Crippen LogP) is 7.40. The summed E-state index contributed by atoms with van der Waals surface area (Å²) < 4.78 is 64.5. The van der Waals surface area contributed by atoms with Crippen molar-refractivity contribution in [1.29, 1.82) is 0 Å². The Kier molecular flexibility index (Phi) is 6.93. The van der Waals surface area contributed by atoms with Crippen molar-refractivity contribution in [2.45, 2.75) is 70.1 Å². The number of alkyl halides is 2. The topological polar surface area (TPSA) is 0 Å². The van der Waals surface area contributed by atoms with E-state index in [-0.39, 0.29) is 12.3 Å². The van der Waals surface area contributed by atoms with E-state index in [0.29, 0.717) is 23.3 Å². The summed E-state index contributed by atoms with van der Waals surface area (Å²) >= 11 is 0. The number of benzene rings is 1. The van der Waals surface area contributed by atoms with E-state index in [1.807, 2.05) is 6.08 Å². The van der Waals surface area contributed by atoms with Gasteiger partial charge in [0.05, 0.1) is 0 Å². The fraction of sp³-hybridized carbons (Fsp3) is 0.636. The lowest BCUT2D eigenvalue weighted by molar-refractivity contribution is 0.151. The molecule has 1 aromatic rings. The molecular formula is C22H27F5. The summed E-state index contributed by atoms with van der Waals surface area (Å²) in [5.41, 5.74) is 0.567. The first-order valence-corrected chi connectivity index (χ1v) is 10.0. The van der Waals surface area contributed by atoms with Gasteiger partial charge in [-0.05, 0) is 92.7 Å². The molecule has 0 nitrogen and oxygen atoms in total. The second-order valence-electron chi connectivity index (χ2n) is 8.14. The number of allylic oxidation sites excluding steroid dienone is 2. The minimum atomic E-state index is -2.27. The first-order chi connectivity index (χ1) is 12.9.